The summed E-state index contributed by atoms with van der Waals surface area (Å²) in [6, 6.07) is 0. The summed E-state index contributed by atoms with van der Waals surface area (Å²) in [4.78, 5) is 21.8. The summed E-state index contributed by atoms with van der Waals surface area (Å²) in [5.74, 6) is -1.25. The lowest BCUT2D eigenvalue weighted by Gasteiger charge is -2.09. The number of carbonyl (C=O) groups excluding carboxylic acids is 1. The van der Waals surface area contributed by atoms with Gasteiger partial charge in [-0.2, -0.15) is 0 Å². The zero-order valence-corrected chi connectivity index (χ0v) is 32.5. The zero-order valence-electron chi connectivity index (χ0n) is 30.4. The molecule has 0 atom stereocenters. The van der Waals surface area contributed by atoms with Crippen molar-refractivity contribution in [1.29, 1.82) is 0 Å². The van der Waals surface area contributed by atoms with E-state index in [0.717, 1.165) is 11.0 Å². The van der Waals surface area contributed by atoms with Crippen LogP contribution in [0.2, 0.25) is 0 Å². The van der Waals surface area contributed by atoms with Crippen molar-refractivity contribution in [2.45, 2.75) is 19.3 Å². The van der Waals surface area contributed by atoms with Crippen LogP contribution in [0.25, 0.3) is 0 Å². The highest BCUT2D eigenvalue weighted by Gasteiger charge is 2.04. The molecular weight excluding hydrogens is 793 g/mol. The van der Waals surface area contributed by atoms with E-state index in [-0.39, 0.29) is 18.7 Å². The molecule has 0 rings (SSSR count). The van der Waals surface area contributed by atoms with Crippen molar-refractivity contribution in [3.63, 3.8) is 0 Å². The zero-order chi connectivity index (χ0) is 37.0. The van der Waals surface area contributed by atoms with Crippen LogP contribution < -0.4 is 5.32 Å². The molecule has 0 spiro atoms. The molecule has 0 aromatic carbocycles. The predicted octanol–water partition coefficient (Wildman–Crippen LogP) is 1.01. The molecule has 304 valence electrons. The van der Waals surface area contributed by atoms with Gasteiger partial charge in [-0.15, -0.1) is 0 Å². The average Bonchev–Trinajstić information content (AvgIpc) is 3.12. The molecule has 0 aromatic rings. The first-order chi connectivity index (χ1) is 25.2. The molecular formula is C33H64INO16. The van der Waals surface area contributed by atoms with Gasteiger partial charge in [0.05, 0.1) is 172 Å². The molecule has 1 amide bonds. The van der Waals surface area contributed by atoms with Crippen molar-refractivity contribution < 1.29 is 76.3 Å². The fraction of sp³-hybridized carbons (Fsp3) is 0.939. The highest BCUT2D eigenvalue weighted by Crippen LogP contribution is 1.91. The molecule has 0 aliphatic rings. The molecule has 51 heavy (non-hydrogen) atoms. The number of rotatable bonds is 45. The average molecular weight is 858 g/mol. The number of hydrogen-bond donors (Lipinski definition) is 2. The Balaban J connectivity index is 3.08. The van der Waals surface area contributed by atoms with Crippen LogP contribution in [0, 0.1) is 0 Å². The van der Waals surface area contributed by atoms with E-state index >= 15 is 0 Å². The van der Waals surface area contributed by atoms with Gasteiger partial charge in [-0.05, 0) is 6.42 Å². The van der Waals surface area contributed by atoms with Crippen LogP contribution in [0.15, 0.2) is 0 Å². The standard InChI is InChI=1S/C33H64INO16/c34-4-7-40-9-11-42-13-15-44-17-19-46-21-23-48-25-27-50-29-31-51-30-28-49-26-24-47-22-20-45-18-16-43-14-12-41-10-8-39-6-1-5-35-32(36)2-3-33(37)38/h1-31H2,(H,35,36)(H,37,38). The number of carbonyl (C=O) groups is 2. The lowest BCUT2D eigenvalue weighted by Crippen LogP contribution is -2.25. The second-order valence-corrected chi connectivity index (χ2v) is 11.3. The van der Waals surface area contributed by atoms with E-state index in [1.54, 1.807) is 0 Å². The maximum Gasteiger partial charge on any atom is 0.303 e. The third-order valence-electron chi connectivity index (χ3n) is 6.04. The van der Waals surface area contributed by atoms with Crippen molar-refractivity contribution in [1.82, 2.24) is 5.32 Å². The maximum absolute atomic E-state index is 11.4. The summed E-state index contributed by atoms with van der Waals surface area (Å²) in [6.45, 7) is 13.8. The first-order valence-electron chi connectivity index (χ1n) is 17.7. The van der Waals surface area contributed by atoms with Crippen molar-refractivity contribution in [2.24, 2.45) is 0 Å². The molecule has 0 heterocycles. The van der Waals surface area contributed by atoms with Crippen LogP contribution >= 0.6 is 22.6 Å². The largest absolute Gasteiger partial charge is 0.481 e. The molecule has 18 heteroatoms. The number of alkyl halides is 1. The van der Waals surface area contributed by atoms with Gasteiger partial charge in [0, 0.05) is 24.0 Å². The Morgan fingerprint density at radius 1 is 0.373 bits per heavy atom. The number of amides is 1. The fourth-order valence-corrected chi connectivity index (χ4v) is 3.82. The topological polar surface area (TPSA) is 186 Å². The summed E-state index contributed by atoms with van der Waals surface area (Å²) < 4.78 is 71.7. The van der Waals surface area contributed by atoms with E-state index in [2.05, 4.69) is 27.9 Å². The number of carboxylic acid groups (broad SMARTS) is 1. The summed E-state index contributed by atoms with van der Waals surface area (Å²) in [5.41, 5.74) is 0. The van der Waals surface area contributed by atoms with Gasteiger partial charge < -0.3 is 72.0 Å². The molecule has 0 aromatic heterocycles. The molecule has 0 radical (unpaired) electrons. The Bertz CT molecular complexity index is 716. The summed E-state index contributed by atoms with van der Waals surface area (Å²) >= 11 is 2.27. The number of hydrogen-bond acceptors (Lipinski definition) is 15. The van der Waals surface area contributed by atoms with Gasteiger partial charge in [0.1, 0.15) is 0 Å². The third kappa shape index (κ3) is 47.1. The van der Waals surface area contributed by atoms with Crippen LogP contribution in [0.1, 0.15) is 19.3 Å². The van der Waals surface area contributed by atoms with Crippen molar-refractivity contribution in [2.75, 3.05) is 183 Å². The van der Waals surface area contributed by atoms with E-state index in [9.17, 15) is 9.59 Å². The van der Waals surface area contributed by atoms with Crippen molar-refractivity contribution >= 4 is 34.5 Å². The van der Waals surface area contributed by atoms with Gasteiger partial charge in [-0.25, -0.2) is 0 Å². The minimum absolute atomic E-state index is 0.0112. The molecule has 0 unspecified atom stereocenters. The third-order valence-corrected chi connectivity index (χ3v) is 6.48. The first kappa shape index (κ1) is 50.1. The van der Waals surface area contributed by atoms with Crippen LogP contribution in [-0.2, 0) is 71.2 Å². The van der Waals surface area contributed by atoms with Gasteiger partial charge in [-0.3, -0.25) is 9.59 Å². The fourth-order valence-electron chi connectivity index (χ4n) is 3.51. The van der Waals surface area contributed by atoms with E-state index < -0.39 is 5.97 Å². The normalized spacial score (nSPS) is 11.4. The van der Waals surface area contributed by atoms with Gasteiger partial charge in [0.25, 0.3) is 0 Å². The smallest absolute Gasteiger partial charge is 0.303 e. The molecule has 17 nitrogen and oxygen atoms in total. The first-order valence-corrected chi connectivity index (χ1v) is 19.2. The second-order valence-electron chi connectivity index (χ2n) is 10.2. The lowest BCUT2D eigenvalue weighted by atomic mass is 10.3. The Labute approximate surface area is 317 Å². The van der Waals surface area contributed by atoms with Crippen LogP contribution in [0.5, 0.6) is 0 Å². The lowest BCUT2D eigenvalue weighted by molar-refractivity contribution is -0.138. The van der Waals surface area contributed by atoms with E-state index in [1.807, 2.05) is 0 Å². The summed E-state index contributed by atoms with van der Waals surface area (Å²) in [6.07, 6.45) is 0.474. The molecule has 0 aliphatic carbocycles. The minimum Gasteiger partial charge on any atom is -0.481 e. The number of aliphatic carboxylic acids is 1. The van der Waals surface area contributed by atoms with Gasteiger partial charge in [0.15, 0.2) is 0 Å². The Morgan fingerprint density at radius 2 is 0.608 bits per heavy atom. The number of ether oxygens (including phenoxy) is 13. The van der Waals surface area contributed by atoms with E-state index in [1.165, 1.54) is 0 Å². The number of halogens is 1. The molecule has 0 bridgehead atoms. The monoisotopic (exact) mass is 857 g/mol. The van der Waals surface area contributed by atoms with E-state index in [4.69, 9.17) is 66.7 Å². The molecule has 2 N–H and O–H groups in total. The van der Waals surface area contributed by atoms with Crippen LogP contribution in [0.4, 0.5) is 0 Å². The number of nitrogens with one attached hydrogen (secondary N) is 1. The van der Waals surface area contributed by atoms with Crippen LogP contribution in [0.3, 0.4) is 0 Å². The quantitative estimate of drug-likeness (QED) is 0.0502. The maximum atomic E-state index is 11.4. The van der Waals surface area contributed by atoms with Gasteiger partial charge in [0.2, 0.25) is 5.91 Å². The molecule has 0 saturated heterocycles. The Hall–Kier alpha value is -0.850. The molecule has 0 fully saturated rings. The van der Waals surface area contributed by atoms with Crippen molar-refractivity contribution in [3.8, 4) is 0 Å². The summed E-state index contributed by atoms with van der Waals surface area (Å²) in [5, 5.41) is 11.2. The predicted molar refractivity (Wildman–Crippen MR) is 194 cm³/mol. The minimum atomic E-state index is -0.983. The van der Waals surface area contributed by atoms with Gasteiger partial charge >= 0.3 is 5.97 Å². The molecule has 0 saturated carbocycles. The second kappa shape index (κ2) is 45.3. The van der Waals surface area contributed by atoms with Crippen molar-refractivity contribution in [3.05, 3.63) is 0 Å². The highest BCUT2D eigenvalue weighted by atomic mass is 127. The number of carboxylic acids is 1. The molecule has 0 aliphatic heterocycles. The Kier molecular flexibility index (Phi) is 44.6. The van der Waals surface area contributed by atoms with Gasteiger partial charge in [-0.1, -0.05) is 22.6 Å². The van der Waals surface area contributed by atoms with Crippen LogP contribution in [-0.4, -0.2) is 200 Å². The SMILES string of the molecule is O=C(O)CCC(=O)NCCCOCCOCCOCCOCCOCCOCCOCCOCCOCCOCCOCCOCCOCCI. The van der Waals surface area contributed by atoms with E-state index in [0.29, 0.717) is 178 Å². The summed E-state index contributed by atoms with van der Waals surface area (Å²) in [7, 11) is 0. The Morgan fingerprint density at radius 3 is 0.843 bits per heavy atom. The highest BCUT2D eigenvalue weighted by molar-refractivity contribution is 14.1.